The fourth-order valence-corrected chi connectivity index (χ4v) is 2.44. The van der Waals surface area contributed by atoms with Gasteiger partial charge in [-0.15, -0.1) is 0 Å². The number of hydrogen-bond donors (Lipinski definition) is 2. The maximum Gasteiger partial charge on any atom is 0.407 e. The van der Waals surface area contributed by atoms with Crippen molar-refractivity contribution in [2.45, 2.75) is 84.0 Å². The summed E-state index contributed by atoms with van der Waals surface area (Å²) in [4.78, 5) is 35.1. The first-order chi connectivity index (χ1) is 11.2. The molecule has 1 aliphatic rings. The van der Waals surface area contributed by atoms with Crippen molar-refractivity contribution in [3.05, 3.63) is 0 Å². The third kappa shape index (κ3) is 8.74. The minimum Gasteiger partial charge on any atom is -0.453 e. The lowest BCUT2D eigenvalue weighted by Crippen LogP contribution is -2.40. The number of esters is 1. The maximum absolute atomic E-state index is 11.9. The van der Waals surface area contributed by atoms with Crippen LogP contribution < -0.4 is 10.6 Å². The lowest BCUT2D eigenvalue weighted by Gasteiger charge is -2.19. The van der Waals surface area contributed by atoms with Crippen LogP contribution >= 0.6 is 0 Å². The quantitative estimate of drug-likeness (QED) is 0.547. The highest BCUT2D eigenvalue weighted by molar-refractivity contribution is 5.83. The van der Waals surface area contributed by atoms with E-state index in [9.17, 15) is 14.4 Å². The third-order valence-electron chi connectivity index (χ3n) is 3.60. The molecule has 0 spiro atoms. The Morgan fingerprint density at radius 2 is 1.79 bits per heavy atom. The summed E-state index contributed by atoms with van der Waals surface area (Å²) in [5.41, 5.74) is -0.550. The van der Waals surface area contributed by atoms with Gasteiger partial charge in [0.15, 0.2) is 6.10 Å². The van der Waals surface area contributed by atoms with Gasteiger partial charge in [-0.3, -0.25) is 9.59 Å². The summed E-state index contributed by atoms with van der Waals surface area (Å²) in [5, 5.41) is 5.47. The Hall–Kier alpha value is -1.79. The number of rotatable bonds is 7. The monoisotopic (exact) mass is 342 g/mol. The smallest absolute Gasteiger partial charge is 0.407 e. The van der Waals surface area contributed by atoms with E-state index in [0.717, 1.165) is 25.7 Å². The van der Waals surface area contributed by atoms with Crippen LogP contribution in [0, 0.1) is 0 Å². The molecule has 0 aromatic heterocycles. The zero-order valence-electron chi connectivity index (χ0n) is 15.1. The molecule has 138 valence electrons. The molecule has 1 saturated carbocycles. The molecule has 0 heterocycles. The zero-order chi connectivity index (χ0) is 18.2. The van der Waals surface area contributed by atoms with E-state index >= 15 is 0 Å². The predicted molar refractivity (Wildman–Crippen MR) is 89.4 cm³/mol. The van der Waals surface area contributed by atoms with Crippen molar-refractivity contribution in [3.63, 3.8) is 0 Å². The van der Waals surface area contributed by atoms with Crippen LogP contribution in [-0.4, -0.2) is 42.3 Å². The molecule has 7 heteroatoms. The first-order valence-electron chi connectivity index (χ1n) is 8.64. The Balaban J connectivity index is 2.14. The lowest BCUT2D eigenvalue weighted by atomic mass is 10.2. The number of ether oxygens (including phenoxy) is 2. The van der Waals surface area contributed by atoms with Gasteiger partial charge in [-0.25, -0.2) is 4.79 Å². The van der Waals surface area contributed by atoms with E-state index in [1.165, 1.54) is 0 Å². The Morgan fingerprint density at radius 3 is 2.38 bits per heavy atom. The van der Waals surface area contributed by atoms with Gasteiger partial charge in [0, 0.05) is 19.0 Å². The summed E-state index contributed by atoms with van der Waals surface area (Å²) in [6.07, 6.45) is 3.49. The van der Waals surface area contributed by atoms with Crippen LogP contribution in [0.15, 0.2) is 0 Å². The summed E-state index contributed by atoms with van der Waals surface area (Å²) in [6.45, 7) is 7.22. The standard InChI is InChI=1S/C17H30N2O5/c1-12(15(21)19-13-8-5-6-9-13)23-14(20)10-7-11-18-16(22)24-17(2,3)4/h12-13H,5-11H2,1-4H3,(H,18,22)(H,19,21)/t12-/m0/s1. The normalized spacial score (nSPS) is 16.3. The third-order valence-corrected chi connectivity index (χ3v) is 3.60. The van der Waals surface area contributed by atoms with E-state index < -0.39 is 23.8 Å². The van der Waals surface area contributed by atoms with Crippen LogP contribution in [0.3, 0.4) is 0 Å². The maximum atomic E-state index is 11.9. The summed E-state index contributed by atoms with van der Waals surface area (Å²) in [7, 11) is 0. The van der Waals surface area contributed by atoms with Gasteiger partial charge in [0.1, 0.15) is 5.60 Å². The van der Waals surface area contributed by atoms with Crippen LogP contribution in [0.2, 0.25) is 0 Å². The molecule has 0 unspecified atom stereocenters. The van der Waals surface area contributed by atoms with Gasteiger partial charge in [-0.05, 0) is 47.0 Å². The van der Waals surface area contributed by atoms with Crippen LogP contribution in [0.25, 0.3) is 0 Å². The van der Waals surface area contributed by atoms with Crippen LogP contribution in [0.1, 0.15) is 66.2 Å². The average molecular weight is 342 g/mol. The minimum absolute atomic E-state index is 0.136. The second kappa shape index (κ2) is 9.49. The van der Waals surface area contributed by atoms with Crippen molar-refractivity contribution in [2.75, 3.05) is 6.54 Å². The molecule has 2 N–H and O–H groups in total. The Morgan fingerprint density at radius 1 is 1.17 bits per heavy atom. The van der Waals surface area contributed by atoms with Crippen LogP contribution in [-0.2, 0) is 19.1 Å². The summed E-state index contributed by atoms with van der Waals surface area (Å²) >= 11 is 0. The molecule has 0 aromatic rings. The van der Waals surface area contributed by atoms with Gasteiger partial charge < -0.3 is 20.1 Å². The average Bonchev–Trinajstić information content (AvgIpc) is 2.94. The van der Waals surface area contributed by atoms with Gasteiger partial charge in [-0.2, -0.15) is 0 Å². The summed E-state index contributed by atoms with van der Waals surface area (Å²) in [6, 6.07) is 0.205. The number of carbonyl (C=O) groups excluding carboxylic acids is 3. The number of amides is 2. The Bertz CT molecular complexity index is 439. The molecular formula is C17H30N2O5. The van der Waals surface area contributed by atoms with Crippen LogP contribution in [0.4, 0.5) is 4.79 Å². The SMILES string of the molecule is C[C@H](OC(=O)CCCNC(=O)OC(C)(C)C)C(=O)NC1CCCC1. The number of carbonyl (C=O) groups is 3. The van der Waals surface area contributed by atoms with Gasteiger partial charge in [0.25, 0.3) is 5.91 Å². The minimum atomic E-state index is -0.795. The van der Waals surface area contributed by atoms with Crippen molar-refractivity contribution in [2.24, 2.45) is 0 Å². The summed E-state index contributed by atoms with van der Waals surface area (Å²) in [5.74, 6) is -0.697. The van der Waals surface area contributed by atoms with Gasteiger partial charge in [0.2, 0.25) is 0 Å². The number of nitrogens with one attached hydrogen (secondary N) is 2. The molecule has 7 nitrogen and oxygen atoms in total. The van der Waals surface area contributed by atoms with Gasteiger partial charge in [0.05, 0.1) is 0 Å². The molecule has 1 atom stereocenters. The number of alkyl carbamates (subject to hydrolysis) is 1. The van der Waals surface area contributed by atoms with Gasteiger partial charge >= 0.3 is 12.1 Å². The second-order valence-corrected chi connectivity index (χ2v) is 7.15. The lowest BCUT2D eigenvalue weighted by molar-refractivity contribution is -0.155. The van der Waals surface area contributed by atoms with Crippen molar-refractivity contribution in [1.82, 2.24) is 10.6 Å². The molecule has 0 saturated heterocycles. The molecule has 24 heavy (non-hydrogen) atoms. The van der Waals surface area contributed by atoms with E-state index in [4.69, 9.17) is 9.47 Å². The van der Waals surface area contributed by atoms with E-state index in [2.05, 4.69) is 10.6 Å². The van der Waals surface area contributed by atoms with E-state index in [0.29, 0.717) is 13.0 Å². The molecule has 0 radical (unpaired) electrons. The van der Waals surface area contributed by atoms with Gasteiger partial charge in [-0.1, -0.05) is 12.8 Å². The fraction of sp³-hybridized carbons (Fsp3) is 0.824. The zero-order valence-corrected chi connectivity index (χ0v) is 15.1. The van der Waals surface area contributed by atoms with Crippen molar-refractivity contribution in [3.8, 4) is 0 Å². The molecule has 1 rings (SSSR count). The second-order valence-electron chi connectivity index (χ2n) is 7.15. The highest BCUT2D eigenvalue weighted by Crippen LogP contribution is 2.17. The largest absolute Gasteiger partial charge is 0.453 e. The van der Waals surface area contributed by atoms with Crippen LogP contribution in [0.5, 0.6) is 0 Å². The van der Waals surface area contributed by atoms with Crippen molar-refractivity contribution < 1.29 is 23.9 Å². The number of hydrogen-bond acceptors (Lipinski definition) is 5. The molecule has 0 aliphatic heterocycles. The molecule has 0 bridgehead atoms. The fourth-order valence-electron chi connectivity index (χ4n) is 2.44. The highest BCUT2D eigenvalue weighted by atomic mass is 16.6. The Kier molecular flexibility index (Phi) is 8.01. The molecule has 1 aliphatic carbocycles. The molecule has 1 fully saturated rings. The van der Waals surface area contributed by atoms with Crippen molar-refractivity contribution in [1.29, 1.82) is 0 Å². The Labute approximate surface area is 143 Å². The first kappa shape index (κ1) is 20.3. The van der Waals surface area contributed by atoms with E-state index in [1.807, 2.05) is 0 Å². The summed E-state index contributed by atoms with van der Waals surface area (Å²) < 4.78 is 10.2. The first-order valence-corrected chi connectivity index (χ1v) is 8.64. The van der Waals surface area contributed by atoms with E-state index in [-0.39, 0.29) is 18.4 Å². The highest BCUT2D eigenvalue weighted by Gasteiger charge is 2.23. The predicted octanol–water partition coefficient (Wildman–Crippen LogP) is 2.28. The molecule has 2 amide bonds. The van der Waals surface area contributed by atoms with Crippen molar-refractivity contribution >= 4 is 18.0 Å². The molecule has 0 aromatic carbocycles. The topological polar surface area (TPSA) is 93.7 Å². The van der Waals surface area contributed by atoms with E-state index in [1.54, 1.807) is 27.7 Å². The molecular weight excluding hydrogens is 312 g/mol.